The number of hydrogen-bond donors (Lipinski definition) is 3. The van der Waals surface area contributed by atoms with Crippen molar-refractivity contribution in [3.05, 3.63) is 47.5 Å². The number of nitrogens with zero attached hydrogens (tertiary/aromatic N) is 4. The quantitative estimate of drug-likeness (QED) is 0.247. The average Bonchev–Trinajstić information content (AvgIpc) is 3.41. The first-order valence-electron chi connectivity index (χ1n) is 11.5. The van der Waals surface area contributed by atoms with Crippen molar-refractivity contribution >= 4 is 36.8 Å². The SMILES string of the molecule is CCOC(=O)[C@H](C)NP(=O)(OC[C@H]1O[C@@H](c2cnc3c(N)ncnn23)[C@@H](C)[C@@H]1O)Oc1ccc(Cl)cc1. The molecule has 15 heteroatoms. The van der Waals surface area contributed by atoms with Crippen molar-refractivity contribution in [1.29, 1.82) is 0 Å². The number of anilines is 1. The van der Waals surface area contributed by atoms with Gasteiger partial charge < -0.3 is 24.8 Å². The second kappa shape index (κ2) is 11.3. The third-order valence-corrected chi connectivity index (χ3v) is 7.70. The van der Waals surface area contributed by atoms with Crippen LogP contribution in [0, 0.1) is 5.92 Å². The largest absolute Gasteiger partial charge is 0.465 e. The number of nitrogen functional groups attached to an aromatic ring is 1. The minimum atomic E-state index is -4.15. The van der Waals surface area contributed by atoms with E-state index in [-0.39, 0.29) is 24.8 Å². The second-order valence-corrected chi connectivity index (χ2v) is 10.6. The first-order chi connectivity index (χ1) is 17.6. The number of ether oxygens (including phenoxy) is 2. The number of benzene rings is 1. The lowest BCUT2D eigenvalue weighted by Crippen LogP contribution is -2.36. The Morgan fingerprint density at radius 2 is 2.08 bits per heavy atom. The predicted octanol–water partition coefficient (Wildman–Crippen LogP) is 2.54. The van der Waals surface area contributed by atoms with Gasteiger partial charge in [-0.1, -0.05) is 18.5 Å². The summed E-state index contributed by atoms with van der Waals surface area (Å²) >= 11 is 5.92. The highest BCUT2D eigenvalue weighted by Gasteiger charge is 2.45. The maximum absolute atomic E-state index is 13.7. The van der Waals surface area contributed by atoms with E-state index in [1.807, 2.05) is 0 Å². The Kier molecular flexibility index (Phi) is 8.32. The normalized spacial score (nSPS) is 24.0. The predicted molar refractivity (Wildman–Crippen MR) is 133 cm³/mol. The van der Waals surface area contributed by atoms with Gasteiger partial charge in [-0.15, -0.1) is 0 Å². The Morgan fingerprint density at radius 3 is 2.78 bits per heavy atom. The number of rotatable bonds is 10. The molecule has 0 bridgehead atoms. The highest BCUT2D eigenvalue weighted by Crippen LogP contribution is 2.47. The van der Waals surface area contributed by atoms with Gasteiger partial charge in [0.05, 0.1) is 31.2 Å². The number of fused-ring (bicyclic) bond motifs is 1. The van der Waals surface area contributed by atoms with Crippen LogP contribution in [-0.2, 0) is 23.4 Å². The average molecular weight is 555 g/mol. The van der Waals surface area contributed by atoms with Crippen LogP contribution in [0.3, 0.4) is 0 Å². The van der Waals surface area contributed by atoms with E-state index < -0.39 is 44.0 Å². The molecule has 1 unspecified atom stereocenters. The van der Waals surface area contributed by atoms with Gasteiger partial charge in [0.2, 0.25) is 0 Å². The number of nitrogens with one attached hydrogen (secondary N) is 1. The van der Waals surface area contributed by atoms with Crippen molar-refractivity contribution in [2.24, 2.45) is 5.92 Å². The minimum Gasteiger partial charge on any atom is -0.465 e. The van der Waals surface area contributed by atoms with Gasteiger partial charge in [-0.05, 0) is 38.1 Å². The molecule has 200 valence electrons. The molecular weight excluding hydrogens is 527 g/mol. The van der Waals surface area contributed by atoms with Crippen molar-refractivity contribution in [2.75, 3.05) is 18.9 Å². The van der Waals surface area contributed by atoms with E-state index in [1.165, 1.54) is 29.9 Å². The fraction of sp³-hybridized carbons (Fsp3) is 0.455. The third kappa shape index (κ3) is 6.03. The lowest BCUT2D eigenvalue weighted by Gasteiger charge is -2.24. The summed E-state index contributed by atoms with van der Waals surface area (Å²) in [5.74, 6) is -0.633. The lowest BCUT2D eigenvalue weighted by atomic mass is 9.97. The molecule has 0 aliphatic carbocycles. The topological polar surface area (TPSA) is 172 Å². The zero-order chi connectivity index (χ0) is 26.7. The van der Waals surface area contributed by atoms with E-state index >= 15 is 0 Å². The van der Waals surface area contributed by atoms with E-state index in [4.69, 9.17) is 35.9 Å². The van der Waals surface area contributed by atoms with E-state index in [9.17, 15) is 14.5 Å². The molecule has 2 aromatic heterocycles. The number of aliphatic hydroxyl groups is 1. The van der Waals surface area contributed by atoms with Crippen LogP contribution in [-0.4, -0.2) is 62.1 Å². The summed E-state index contributed by atoms with van der Waals surface area (Å²) in [7, 11) is -4.15. The molecule has 3 heterocycles. The van der Waals surface area contributed by atoms with E-state index in [1.54, 1.807) is 32.2 Å². The molecule has 3 aromatic rings. The van der Waals surface area contributed by atoms with Gasteiger partial charge in [0, 0.05) is 10.9 Å². The molecule has 37 heavy (non-hydrogen) atoms. The van der Waals surface area contributed by atoms with Gasteiger partial charge in [0.15, 0.2) is 11.5 Å². The molecule has 0 spiro atoms. The first-order valence-corrected chi connectivity index (χ1v) is 13.5. The van der Waals surface area contributed by atoms with Crippen molar-refractivity contribution in [1.82, 2.24) is 24.7 Å². The number of aromatic nitrogens is 4. The number of imidazole rings is 1. The highest BCUT2D eigenvalue weighted by molar-refractivity contribution is 7.52. The summed E-state index contributed by atoms with van der Waals surface area (Å²) in [6.45, 7) is 4.75. The second-order valence-electron chi connectivity index (χ2n) is 8.45. The number of nitrogens with two attached hydrogens (primary N) is 1. The number of carbonyl (C=O) groups excluding carboxylic acids is 1. The van der Waals surface area contributed by atoms with Gasteiger partial charge in [-0.2, -0.15) is 10.2 Å². The molecule has 1 aliphatic heterocycles. The Labute approximate surface area is 217 Å². The molecule has 0 radical (unpaired) electrons. The van der Waals surface area contributed by atoms with Crippen LogP contribution >= 0.6 is 19.3 Å². The Hall–Kier alpha value is -2.80. The van der Waals surface area contributed by atoms with Crippen LogP contribution in [0.1, 0.15) is 32.6 Å². The van der Waals surface area contributed by atoms with Crippen LogP contribution in [0.2, 0.25) is 5.02 Å². The summed E-state index contributed by atoms with van der Waals surface area (Å²) in [5, 5.41) is 18.1. The highest BCUT2D eigenvalue weighted by atomic mass is 35.5. The number of carbonyl (C=O) groups is 1. The van der Waals surface area contributed by atoms with Crippen molar-refractivity contribution in [3.8, 4) is 5.75 Å². The van der Waals surface area contributed by atoms with Gasteiger partial charge in [-0.25, -0.2) is 19.0 Å². The standard InChI is InChI=1S/C22H28ClN6O7P/c1-4-33-22(31)13(3)28-37(32,36-15-7-5-14(23)6-8-15)34-10-17-18(30)12(2)19(35-17)16-9-25-21-20(24)26-11-27-29(16)21/h5-9,11-13,17-19,30H,4,10H2,1-3H3,(H,28,32)(H2,24,26,27)/t12-,13-,17+,18-,19+,37?/m0/s1. The van der Waals surface area contributed by atoms with Crippen molar-refractivity contribution in [3.63, 3.8) is 0 Å². The van der Waals surface area contributed by atoms with Gasteiger partial charge in [-0.3, -0.25) is 9.32 Å². The molecule has 1 aliphatic rings. The molecule has 6 atom stereocenters. The van der Waals surface area contributed by atoms with Crippen molar-refractivity contribution < 1.29 is 33.0 Å². The van der Waals surface area contributed by atoms with Crippen LogP contribution < -0.4 is 15.3 Å². The summed E-state index contributed by atoms with van der Waals surface area (Å²) in [6, 6.07) is 5.11. The van der Waals surface area contributed by atoms with Gasteiger partial charge in [0.1, 0.15) is 30.3 Å². The maximum atomic E-state index is 13.7. The number of esters is 1. The van der Waals surface area contributed by atoms with Crippen LogP contribution in [0.5, 0.6) is 5.75 Å². The minimum absolute atomic E-state index is 0.148. The monoisotopic (exact) mass is 554 g/mol. The molecule has 1 saturated heterocycles. The van der Waals surface area contributed by atoms with Crippen LogP contribution in [0.25, 0.3) is 5.65 Å². The lowest BCUT2D eigenvalue weighted by molar-refractivity contribution is -0.144. The Balaban J connectivity index is 1.51. The molecule has 1 fully saturated rings. The smallest absolute Gasteiger partial charge is 0.459 e. The van der Waals surface area contributed by atoms with Crippen LogP contribution in [0.15, 0.2) is 36.8 Å². The molecule has 0 amide bonds. The summed E-state index contributed by atoms with van der Waals surface area (Å²) < 4.78 is 37.5. The number of halogens is 1. The van der Waals surface area contributed by atoms with E-state index in [0.29, 0.717) is 16.4 Å². The van der Waals surface area contributed by atoms with Gasteiger partial charge in [0.25, 0.3) is 0 Å². The third-order valence-electron chi connectivity index (χ3n) is 5.81. The molecule has 4 rings (SSSR count). The van der Waals surface area contributed by atoms with E-state index in [2.05, 4.69) is 20.2 Å². The van der Waals surface area contributed by atoms with Crippen molar-refractivity contribution in [2.45, 2.75) is 45.1 Å². The summed E-state index contributed by atoms with van der Waals surface area (Å²) in [4.78, 5) is 20.3. The zero-order valence-corrected chi connectivity index (χ0v) is 22.0. The Morgan fingerprint density at radius 1 is 1.35 bits per heavy atom. The first kappa shape index (κ1) is 27.2. The number of aliphatic hydroxyl groups excluding tert-OH is 1. The fourth-order valence-corrected chi connectivity index (χ4v) is 5.51. The summed E-state index contributed by atoms with van der Waals surface area (Å²) in [6.07, 6.45) is 0.364. The van der Waals surface area contributed by atoms with Crippen LogP contribution in [0.4, 0.5) is 5.82 Å². The zero-order valence-electron chi connectivity index (χ0n) is 20.4. The Bertz CT molecular complexity index is 1290. The maximum Gasteiger partial charge on any atom is 0.459 e. The fourth-order valence-electron chi connectivity index (χ4n) is 3.89. The molecule has 4 N–H and O–H groups in total. The number of hydrogen-bond acceptors (Lipinski definition) is 11. The molecule has 1 aromatic carbocycles. The van der Waals surface area contributed by atoms with E-state index in [0.717, 1.165) is 0 Å². The molecule has 0 saturated carbocycles. The summed E-state index contributed by atoms with van der Waals surface area (Å²) in [5.41, 5.74) is 6.79. The molecule has 13 nitrogen and oxygen atoms in total. The van der Waals surface area contributed by atoms with Gasteiger partial charge >= 0.3 is 13.7 Å². The molecular formula is C22H28ClN6O7P.